The zero-order chi connectivity index (χ0) is 14.7. The Morgan fingerprint density at radius 3 is 2.65 bits per heavy atom. The Morgan fingerprint density at radius 1 is 1.40 bits per heavy atom. The molecular weight excluding hydrogens is 274 g/mol. The van der Waals surface area contributed by atoms with Gasteiger partial charge in [-0.1, -0.05) is 26.0 Å². The number of carboxylic acids is 1. The lowest BCUT2D eigenvalue weighted by Crippen LogP contribution is -2.00. The highest BCUT2D eigenvalue weighted by Crippen LogP contribution is 2.36. The Labute approximate surface area is 122 Å². The lowest BCUT2D eigenvalue weighted by atomic mass is 10.1. The maximum atomic E-state index is 11.3. The molecule has 0 aliphatic carbocycles. The third-order valence-corrected chi connectivity index (χ3v) is 3.90. The van der Waals surface area contributed by atoms with Gasteiger partial charge in [-0.15, -0.1) is 11.3 Å². The highest BCUT2D eigenvalue weighted by atomic mass is 32.1. The number of nitrogens with zero attached hydrogens (tertiary/aromatic N) is 1. The summed E-state index contributed by atoms with van der Waals surface area (Å²) in [4.78, 5) is 16.1. The number of aromatic carboxylic acids is 1. The maximum absolute atomic E-state index is 11.3. The second-order valence-corrected chi connectivity index (χ2v) is 5.62. The van der Waals surface area contributed by atoms with Gasteiger partial charge in [-0.05, 0) is 25.0 Å². The summed E-state index contributed by atoms with van der Waals surface area (Å²) in [6.07, 6.45) is 0. The van der Waals surface area contributed by atoms with Gasteiger partial charge >= 0.3 is 5.97 Å². The van der Waals surface area contributed by atoms with E-state index in [0.717, 1.165) is 11.3 Å². The number of aromatic nitrogens is 1. The molecule has 0 bridgehead atoms. The molecule has 1 aromatic heterocycles. The van der Waals surface area contributed by atoms with E-state index in [-0.39, 0.29) is 5.92 Å². The molecule has 2 aromatic rings. The molecule has 0 unspecified atom stereocenters. The van der Waals surface area contributed by atoms with Crippen LogP contribution in [-0.4, -0.2) is 22.7 Å². The van der Waals surface area contributed by atoms with Crippen LogP contribution in [0, 0.1) is 0 Å². The summed E-state index contributed by atoms with van der Waals surface area (Å²) in [6.45, 7) is 6.37. The number of benzene rings is 1. The quantitative estimate of drug-likeness (QED) is 0.903. The summed E-state index contributed by atoms with van der Waals surface area (Å²) in [5.41, 5.74) is 1.47. The summed E-state index contributed by atoms with van der Waals surface area (Å²) < 4.78 is 5.58. The van der Waals surface area contributed by atoms with Crippen LogP contribution < -0.4 is 4.74 Å². The molecule has 2 rings (SSSR count). The minimum Gasteiger partial charge on any atom is -0.493 e. The van der Waals surface area contributed by atoms with E-state index in [0.29, 0.717) is 22.2 Å². The number of hydrogen-bond donors (Lipinski definition) is 1. The molecule has 0 amide bonds. The van der Waals surface area contributed by atoms with E-state index < -0.39 is 5.97 Å². The first kappa shape index (κ1) is 14.5. The van der Waals surface area contributed by atoms with E-state index >= 15 is 0 Å². The number of para-hydroxylation sites is 1. The van der Waals surface area contributed by atoms with Crippen LogP contribution in [0.15, 0.2) is 24.3 Å². The highest BCUT2D eigenvalue weighted by Gasteiger charge is 2.21. The van der Waals surface area contributed by atoms with Gasteiger partial charge in [-0.3, -0.25) is 0 Å². The molecule has 20 heavy (non-hydrogen) atoms. The number of carbonyl (C=O) groups is 1. The van der Waals surface area contributed by atoms with Crippen LogP contribution in [0.2, 0.25) is 0 Å². The van der Waals surface area contributed by atoms with Crippen molar-refractivity contribution in [2.45, 2.75) is 26.7 Å². The fourth-order valence-electron chi connectivity index (χ4n) is 1.92. The van der Waals surface area contributed by atoms with E-state index in [1.54, 1.807) is 0 Å². The Kier molecular flexibility index (Phi) is 4.39. The summed E-state index contributed by atoms with van der Waals surface area (Å²) in [5.74, 6) is -0.118. The minimum atomic E-state index is -0.925. The van der Waals surface area contributed by atoms with Crippen LogP contribution in [0.1, 0.15) is 42.1 Å². The molecule has 0 aliphatic heterocycles. The van der Waals surface area contributed by atoms with Crippen LogP contribution in [-0.2, 0) is 0 Å². The number of hydrogen-bond acceptors (Lipinski definition) is 4. The molecule has 0 atom stereocenters. The average molecular weight is 291 g/mol. The molecule has 0 spiro atoms. The van der Waals surface area contributed by atoms with Crippen LogP contribution in [0.25, 0.3) is 10.6 Å². The van der Waals surface area contributed by atoms with Gasteiger partial charge < -0.3 is 9.84 Å². The van der Waals surface area contributed by atoms with E-state index in [1.807, 2.05) is 45.0 Å². The molecule has 106 valence electrons. The van der Waals surface area contributed by atoms with Gasteiger partial charge in [0.25, 0.3) is 0 Å². The second-order valence-electron chi connectivity index (χ2n) is 4.62. The van der Waals surface area contributed by atoms with Gasteiger partial charge in [-0.25, -0.2) is 9.78 Å². The molecule has 0 saturated carbocycles. The molecule has 0 saturated heterocycles. The fraction of sp³-hybridized carbons (Fsp3) is 0.333. The first-order chi connectivity index (χ1) is 9.54. The van der Waals surface area contributed by atoms with Gasteiger partial charge in [0, 0.05) is 0 Å². The Morgan fingerprint density at radius 2 is 2.10 bits per heavy atom. The zero-order valence-corrected chi connectivity index (χ0v) is 12.5. The van der Waals surface area contributed by atoms with Gasteiger partial charge in [-0.2, -0.15) is 0 Å². The lowest BCUT2D eigenvalue weighted by Gasteiger charge is -2.07. The maximum Gasteiger partial charge on any atom is 0.347 e. The number of carboxylic acid groups (broad SMARTS) is 1. The van der Waals surface area contributed by atoms with Crippen molar-refractivity contribution in [2.75, 3.05) is 6.61 Å². The SMILES string of the molecule is CCOc1ccccc1-c1nc(C(C)C)c(C(=O)O)s1. The average Bonchev–Trinajstić information content (AvgIpc) is 2.85. The van der Waals surface area contributed by atoms with E-state index in [4.69, 9.17) is 4.74 Å². The van der Waals surface area contributed by atoms with Crippen LogP contribution in [0.5, 0.6) is 5.75 Å². The molecule has 0 radical (unpaired) electrons. The van der Waals surface area contributed by atoms with E-state index in [9.17, 15) is 9.90 Å². The number of rotatable bonds is 5. The minimum absolute atomic E-state index is 0.0744. The lowest BCUT2D eigenvalue weighted by molar-refractivity contribution is 0.0700. The number of ether oxygens (including phenoxy) is 1. The predicted octanol–water partition coefficient (Wildman–Crippen LogP) is 4.03. The summed E-state index contributed by atoms with van der Waals surface area (Å²) in [6, 6.07) is 7.56. The van der Waals surface area contributed by atoms with Gasteiger partial charge in [0.1, 0.15) is 15.6 Å². The molecule has 1 heterocycles. The molecule has 4 nitrogen and oxygen atoms in total. The van der Waals surface area contributed by atoms with Gasteiger partial charge in [0.15, 0.2) is 0 Å². The molecule has 5 heteroatoms. The topological polar surface area (TPSA) is 59.4 Å². The third kappa shape index (κ3) is 2.82. The molecule has 1 N–H and O–H groups in total. The van der Waals surface area contributed by atoms with E-state index in [1.165, 1.54) is 11.3 Å². The smallest absolute Gasteiger partial charge is 0.347 e. The van der Waals surface area contributed by atoms with E-state index in [2.05, 4.69) is 4.98 Å². The summed E-state index contributed by atoms with van der Waals surface area (Å²) >= 11 is 1.20. The Balaban J connectivity index is 2.53. The van der Waals surface area contributed by atoms with Crippen molar-refractivity contribution in [1.82, 2.24) is 4.98 Å². The van der Waals surface area contributed by atoms with Crippen LogP contribution >= 0.6 is 11.3 Å². The van der Waals surface area contributed by atoms with Crippen LogP contribution in [0.3, 0.4) is 0 Å². The Hall–Kier alpha value is -1.88. The van der Waals surface area contributed by atoms with Crippen molar-refractivity contribution in [2.24, 2.45) is 0 Å². The highest BCUT2D eigenvalue weighted by molar-refractivity contribution is 7.17. The first-order valence-electron chi connectivity index (χ1n) is 6.50. The Bertz CT molecular complexity index is 619. The fourth-order valence-corrected chi connectivity index (χ4v) is 3.01. The van der Waals surface area contributed by atoms with Crippen molar-refractivity contribution >= 4 is 17.3 Å². The summed E-state index contributed by atoms with van der Waals surface area (Å²) in [5, 5.41) is 9.98. The van der Waals surface area contributed by atoms with Crippen molar-refractivity contribution in [3.05, 3.63) is 34.8 Å². The molecule has 0 fully saturated rings. The standard InChI is InChI=1S/C15H17NO3S/c1-4-19-11-8-6-5-7-10(11)14-16-12(9(2)3)13(20-14)15(17)18/h5-9H,4H2,1-3H3,(H,17,18). The first-order valence-corrected chi connectivity index (χ1v) is 7.32. The molecule has 0 aliphatic rings. The van der Waals surface area contributed by atoms with Crippen molar-refractivity contribution in [3.8, 4) is 16.3 Å². The largest absolute Gasteiger partial charge is 0.493 e. The predicted molar refractivity (Wildman–Crippen MR) is 79.8 cm³/mol. The second kappa shape index (κ2) is 6.05. The third-order valence-electron chi connectivity index (χ3n) is 2.81. The van der Waals surface area contributed by atoms with Crippen LogP contribution in [0.4, 0.5) is 0 Å². The van der Waals surface area contributed by atoms with Gasteiger partial charge in [0.2, 0.25) is 0 Å². The van der Waals surface area contributed by atoms with Gasteiger partial charge in [0.05, 0.1) is 17.9 Å². The summed E-state index contributed by atoms with van der Waals surface area (Å²) in [7, 11) is 0. The van der Waals surface area contributed by atoms with Crippen molar-refractivity contribution in [3.63, 3.8) is 0 Å². The molecular formula is C15H17NO3S. The molecule has 1 aromatic carbocycles. The zero-order valence-electron chi connectivity index (χ0n) is 11.7. The number of thiazole rings is 1. The monoisotopic (exact) mass is 291 g/mol. The normalized spacial score (nSPS) is 10.8. The van der Waals surface area contributed by atoms with Crippen molar-refractivity contribution < 1.29 is 14.6 Å². The van der Waals surface area contributed by atoms with Crippen molar-refractivity contribution in [1.29, 1.82) is 0 Å².